The number of hydrogen-bond acceptors (Lipinski definition) is 3. The first-order chi connectivity index (χ1) is 11.2. The van der Waals surface area contributed by atoms with Crippen molar-refractivity contribution < 1.29 is 14.3 Å². The van der Waals surface area contributed by atoms with E-state index in [1.807, 2.05) is 27.7 Å². The lowest BCUT2D eigenvalue weighted by atomic mass is 10.1. The number of rotatable bonds is 1. The maximum atomic E-state index is 12.7. The molecule has 5 heteroatoms. The number of nitrogens with zero attached hydrogens (tertiary/aromatic N) is 2. The van der Waals surface area contributed by atoms with Gasteiger partial charge in [0.25, 0.3) is 5.91 Å². The largest absolute Gasteiger partial charge is 0.444 e. The molecule has 1 aromatic rings. The number of ether oxygens (including phenoxy) is 1. The van der Waals surface area contributed by atoms with Crippen LogP contribution in [0.25, 0.3) is 0 Å². The molecule has 2 amide bonds. The van der Waals surface area contributed by atoms with E-state index in [2.05, 4.69) is 5.92 Å². The van der Waals surface area contributed by atoms with Crippen molar-refractivity contribution in [3.8, 4) is 12.3 Å². The van der Waals surface area contributed by atoms with Gasteiger partial charge in [0.15, 0.2) is 0 Å². The molecule has 1 saturated heterocycles. The van der Waals surface area contributed by atoms with Crippen molar-refractivity contribution in [2.24, 2.45) is 0 Å². The van der Waals surface area contributed by atoms with Gasteiger partial charge in [-0.3, -0.25) is 4.79 Å². The van der Waals surface area contributed by atoms with Crippen molar-refractivity contribution in [2.75, 3.05) is 19.6 Å². The van der Waals surface area contributed by atoms with Crippen LogP contribution in [-0.4, -0.2) is 53.1 Å². The van der Waals surface area contributed by atoms with Gasteiger partial charge in [-0.2, -0.15) is 0 Å². The Kier molecular flexibility index (Phi) is 5.18. The van der Waals surface area contributed by atoms with Gasteiger partial charge in [0, 0.05) is 36.8 Å². The van der Waals surface area contributed by atoms with Crippen LogP contribution >= 0.6 is 0 Å². The van der Waals surface area contributed by atoms with Crippen LogP contribution in [0, 0.1) is 12.3 Å². The summed E-state index contributed by atoms with van der Waals surface area (Å²) < 4.78 is 5.40. The fourth-order valence-electron chi connectivity index (χ4n) is 2.66. The van der Waals surface area contributed by atoms with E-state index in [1.54, 1.807) is 34.1 Å². The van der Waals surface area contributed by atoms with E-state index in [4.69, 9.17) is 11.2 Å². The molecule has 0 N–H and O–H groups in total. The third-order valence-corrected chi connectivity index (χ3v) is 3.82. The highest BCUT2D eigenvalue weighted by Gasteiger charge is 2.32. The molecular formula is C19H24N2O3. The Morgan fingerprint density at radius 3 is 2.58 bits per heavy atom. The van der Waals surface area contributed by atoms with E-state index in [9.17, 15) is 9.59 Å². The molecule has 1 fully saturated rings. The van der Waals surface area contributed by atoms with Crippen LogP contribution in [0.3, 0.4) is 0 Å². The Morgan fingerprint density at radius 1 is 1.29 bits per heavy atom. The second kappa shape index (κ2) is 6.96. The Bertz CT molecular complexity index is 670. The fourth-order valence-corrected chi connectivity index (χ4v) is 2.66. The molecule has 0 unspecified atom stereocenters. The lowest BCUT2D eigenvalue weighted by molar-refractivity contribution is 0.00617. The summed E-state index contributed by atoms with van der Waals surface area (Å²) in [7, 11) is 0. The van der Waals surface area contributed by atoms with Gasteiger partial charge in [-0.15, -0.1) is 6.42 Å². The molecule has 24 heavy (non-hydrogen) atoms. The number of hydrogen-bond donors (Lipinski definition) is 0. The van der Waals surface area contributed by atoms with E-state index >= 15 is 0 Å². The van der Waals surface area contributed by atoms with Crippen LogP contribution in [0.4, 0.5) is 4.79 Å². The second-order valence-corrected chi connectivity index (χ2v) is 7.00. The van der Waals surface area contributed by atoms with E-state index in [-0.39, 0.29) is 18.0 Å². The highest BCUT2D eigenvalue weighted by Crippen LogP contribution is 2.17. The Labute approximate surface area is 143 Å². The minimum atomic E-state index is -0.525. The Balaban J connectivity index is 2.04. The van der Waals surface area contributed by atoms with Gasteiger partial charge in [0.1, 0.15) is 5.60 Å². The lowest BCUT2D eigenvalue weighted by Gasteiger charge is -2.40. The van der Waals surface area contributed by atoms with Crippen LogP contribution in [0.5, 0.6) is 0 Å². The van der Waals surface area contributed by atoms with E-state index < -0.39 is 5.60 Å². The average Bonchev–Trinajstić information content (AvgIpc) is 2.52. The second-order valence-electron chi connectivity index (χ2n) is 7.00. The number of amides is 2. The van der Waals surface area contributed by atoms with Gasteiger partial charge in [0.05, 0.1) is 0 Å². The first-order valence-corrected chi connectivity index (χ1v) is 8.07. The van der Waals surface area contributed by atoms with E-state index in [0.29, 0.717) is 30.8 Å². The molecule has 0 spiro atoms. The number of terminal acetylenes is 1. The smallest absolute Gasteiger partial charge is 0.410 e. The average molecular weight is 328 g/mol. The number of benzene rings is 1. The lowest BCUT2D eigenvalue weighted by Crippen LogP contribution is -2.56. The number of carbonyl (C=O) groups excluding carboxylic acids is 2. The van der Waals surface area contributed by atoms with Crippen molar-refractivity contribution in [3.05, 3.63) is 35.4 Å². The maximum Gasteiger partial charge on any atom is 0.410 e. The molecule has 1 atom stereocenters. The molecule has 0 saturated carbocycles. The predicted molar refractivity (Wildman–Crippen MR) is 92.7 cm³/mol. The molecule has 1 aliphatic rings. The summed E-state index contributed by atoms with van der Waals surface area (Å²) >= 11 is 0. The van der Waals surface area contributed by atoms with Crippen LogP contribution in [0.2, 0.25) is 0 Å². The Hall–Kier alpha value is -2.48. The summed E-state index contributed by atoms with van der Waals surface area (Å²) in [5.41, 5.74) is 0.729. The molecule has 1 aromatic carbocycles. The monoisotopic (exact) mass is 328 g/mol. The standard InChI is InChI=1S/C19H24N2O3/c1-6-15-8-7-9-16(12-15)17(22)21-11-10-20(13-14(21)2)18(23)24-19(3,4)5/h1,7-9,12,14H,10-11,13H2,2-5H3/t14-/m1/s1. The molecule has 1 aliphatic heterocycles. The van der Waals surface area contributed by atoms with Crippen molar-refractivity contribution in [1.82, 2.24) is 9.80 Å². The zero-order chi connectivity index (χ0) is 17.9. The summed E-state index contributed by atoms with van der Waals surface area (Å²) in [5, 5.41) is 0. The molecule has 0 aromatic heterocycles. The van der Waals surface area contributed by atoms with Crippen molar-refractivity contribution in [2.45, 2.75) is 39.3 Å². The van der Waals surface area contributed by atoms with Gasteiger partial charge < -0.3 is 14.5 Å². The molecule has 0 aliphatic carbocycles. The molecule has 0 bridgehead atoms. The molecule has 5 nitrogen and oxygen atoms in total. The first kappa shape index (κ1) is 17.9. The molecule has 1 heterocycles. The van der Waals surface area contributed by atoms with Gasteiger partial charge in [0.2, 0.25) is 0 Å². The van der Waals surface area contributed by atoms with Crippen LogP contribution in [0.1, 0.15) is 43.6 Å². The van der Waals surface area contributed by atoms with Crippen molar-refractivity contribution in [3.63, 3.8) is 0 Å². The highest BCUT2D eigenvalue weighted by molar-refractivity contribution is 5.95. The van der Waals surface area contributed by atoms with Gasteiger partial charge in [-0.1, -0.05) is 12.0 Å². The minimum Gasteiger partial charge on any atom is -0.444 e. The van der Waals surface area contributed by atoms with Crippen molar-refractivity contribution in [1.29, 1.82) is 0 Å². The minimum absolute atomic E-state index is 0.0663. The van der Waals surface area contributed by atoms with E-state index in [1.165, 1.54) is 0 Å². The summed E-state index contributed by atoms with van der Waals surface area (Å²) in [5.74, 6) is 2.47. The van der Waals surface area contributed by atoms with Crippen LogP contribution < -0.4 is 0 Å². The summed E-state index contributed by atoms with van der Waals surface area (Å²) in [6.07, 6.45) is 5.06. The van der Waals surface area contributed by atoms with E-state index in [0.717, 1.165) is 0 Å². The third kappa shape index (κ3) is 4.29. The molecule has 0 radical (unpaired) electrons. The first-order valence-electron chi connectivity index (χ1n) is 8.07. The topological polar surface area (TPSA) is 49.9 Å². The zero-order valence-corrected chi connectivity index (χ0v) is 14.7. The normalized spacial score (nSPS) is 18.0. The van der Waals surface area contributed by atoms with Crippen LogP contribution in [-0.2, 0) is 4.74 Å². The highest BCUT2D eigenvalue weighted by atomic mass is 16.6. The quantitative estimate of drug-likeness (QED) is 0.745. The fraction of sp³-hybridized carbons (Fsp3) is 0.474. The zero-order valence-electron chi connectivity index (χ0n) is 14.7. The Morgan fingerprint density at radius 2 is 2.00 bits per heavy atom. The summed E-state index contributed by atoms with van der Waals surface area (Å²) in [6, 6.07) is 6.96. The third-order valence-electron chi connectivity index (χ3n) is 3.82. The SMILES string of the molecule is C#Cc1cccc(C(=O)N2CCN(C(=O)OC(C)(C)C)C[C@H]2C)c1. The number of piperazine rings is 1. The van der Waals surface area contributed by atoms with Gasteiger partial charge in [-0.25, -0.2) is 4.79 Å². The summed E-state index contributed by atoms with van der Waals surface area (Å²) in [6.45, 7) is 8.83. The molecular weight excluding hydrogens is 304 g/mol. The maximum absolute atomic E-state index is 12.7. The van der Waals surface area contributed by atoms with Gasteiger partial charge >= 0.3 is 6.09 Å². The summed E-state index contributed by atoms with van der Waals surface area (Å²) in [4.78, 5) is 28.3. The predicted octanol–water partition coefficient (Wildman–Crippen LogP) is 2.75. The van der Waals surface area contributed by atoms with Gasteiger partial charge in [-0.05, 0) is 45.9 Å². The van der Waals surface area contributed by atoms with Crippen molar-refractivity contribution >= 4 is 12.0 Å². The van der Waals surface area contributed by atoms with Crippen LogP contribution in [0.15, 0.2) is 24.3 Å². The number of carbonyl (C=O) groups is 2. The molecule has 2 rings (SSSR count). The molecule has 128 valence electrons.